The molecule has 0 spiro atoms. The Kier molecular flexibility index (Phi) is 2.38. The Labute approximate surface area is 93.1 Å². The van der Waals surface area contributed by atoms with Crippen molar-refractivity contribution in [2.45, 2.75) is 25.4 Å². The van der Waals surface area contributed by atoms with E-state index in [4.69, 9.17) is 4.84 Å². The largest absolute Gasteiger partial charge is 0.466 e. The third-order valence-electron chi connectivity index (χ3n) is 3.06. The molecule has 2 aliphatic heterocycles. The van der Waals surface area contributed by atoms with Crippen molar-refractivity contribution < 1.29 is 19.2 Å². The molecule has 0 aromatic rings. The quantitative estimate of drug-likeness (QED) is 0.614. The monoisotopic (exact) mass is 226 g/mol. The summed E-state index contributed by atoms with van der Waals surface area (Å²) in [6, 6.07) is 0.00102. The number of nitrogens with zero attached hydrogens (tertiary/aromatic N) is 1. The Hall–Kier alpha value is -1.56. The molecule has 1 N–H and O–H groups in total. The summed E-state index contributed by atoms with van der Waals surface area (Å²) < 4.78 is 4.64. The highest BCUT2D eigenvalue weighted by Crippen LogP contribution is 2.35. The van der Waals surface area contributed by atoms with E-state index in [0.717, 1.165) is 0 Å². The van der Waals surface area contributed by atoms with Crippen molar-refractivity contribution in [2.24, 2.45) is 0 Å². The zero-order valence-electron chi connectivity index (χ0n) is 9.44. The van der Waals surface area contributed by atoms with E-state index in [1.165, 1.54) is 18.4 Å². The van der Waals surface area contributed by atoms with Gasteiger partial charge in [0.15, 0.2) is 5.54 Å². The second-order valence-electron chi connectivity index (χ2n) is 4.09. The van der Waals surface area contributed by atoms with Crippen LogP contribution in [0.1, 0.15) is 13.8 Å². The van der Waals surface area contributed by atoms with Gasteiger partial charge in [-0.05, 0) is 13.8 Å². The van der Waals surface area contributed by atoms with E-state index in [-0.39, 0.29) is 17.5 Å². The second-order valence-corrected chi connectivity index (χ2v) is 4.09. The molecular formula is C10H14N2O4. The second kappa shape index (κ2) is 3.48. The molecule has 1 amide bonds. The lowest BCUT2D eigenvalue weighted by Gasteiger charge is -2.40. The van der Waals surface area contributed by atoms with E-state index in [2.05, 4.69) is 10.1 Å². The molecule has 2 atom stereocenters. The van der Waals surface area contributed by atoms with Gasteiger partial charge in [0.1, 0.15) is 11.8 Å². The van der Waals surface area contributed by atoms with Crippen LogP contribution in [0.2, 0.25) is 0 Å². The highest BCUT2D eigenvalue weighted by atomic mass is 16.7. The van der Waals surface area contributed by atoms with Gasteiger partial charge in [-0.15, -0.1) is 5.06 Å². The van der Waals surface area contributed by atoms with Crippen LogP contribution < -0.4 is 5.32 Å². The summed E-state index contributed by atoms with van der Waals surface area (Å²) in [7, 11) is 1.28. The minimum Gasteiger partial charge on any atom is -0.466 e. The average molecular weight is 226 g/mol. The first kappa shape index (κ1) is 10.9. The van der Waals surface area contributed by atoms with E-state index in [1.807, 2.05) is 6.92 Å². The molecule has 2 rings (SSSR count). The standard InChI is InChI=1S/C10H14N2O4/c1-6-4-11-9(14)10(2)7(8(13)15-3)5-16-12(6)10/h5-6H,4H2,1-3H3,(H,11,14). The number of rotatable bonds is 1. The van der Waals surface area contributed by atoms with Gasteiger partial charge < -0.3 is 14.9 Å². The van der Waals surface area contributed by atoms with Crippen LogP contribution in [0.5, 0.6) is 0 Å². The maximum atomic E-state index is 11.9. The fraction of sp³-hybridized carbons (Fsp3) is 0.600. The molecule has 0 aromatic carbocycles. The average Bonchev–Trinajstić information content (AvgIpc) is 2.63. The van der Waals surface area contributed by atoms with Gasteiger partial charge in [0, 0.05) is 6.54 Å². The molecule has 2 aliphatic rings. The van der Waals surface area contributed by atoms with Crippen molar-refractivity contribution in [1.29, 1.82) is 0 Å². The van der Waals surface area contributed by atoms with Gasteiger partial charge >= 0.3 is 5.97 Å². The summed E-state index contributed by atoms with van der Waals surface area (Å²) in [5.74, 6) is -0.797. The van der Waals surface area contributed by atoms with E-state index < -0.39 is 11.5 Å². The summed E-state index contributed by atoms with van der Waals surface area (Å²) >= 11 is 0. The van der Waals surface area contributed by atoms with Crippen molar-refractivity contribution in [3.05, 3.63) is 11.8 Å². The Morgan fingerprint density at radius 1 is 1.75 bits per heavy atom. The third-order valence-corrected chi connectivity index (χ3v) is 3.06. The Morgan fingerprint density at radius 2 is 2.44 bits per heavy atom. The van der Waals surface area contributed by atoms with Crippen molar-refractivity contribution in [3.8, 4) is 0 Å². The maximum absolute atomic E-state index is 11.9. The Balaban J connectivity index is 2.38. The molecule has 0 radical (unpaired) electrons. The number of amides is 1. The molecule has 16 heavy (non-hydrogen) atoms. The van der Waals surface area contributed by atoms with Crippen LogP contribution in [0.25, 0.3) is 0 Å². The zero-order chi connectivity index (χ0) is 11.9. The molecule has 0 aliphatic carbocycles. The number of hydrogen-bond donors (Lipinski definition) is 1. The van der Waals surface area contributed by atoms with Crippen molar-refractivity contribution in [2.75, 3.05) is 13.7 Å². The summed E-state index contributed by atoms with van der Waals surface area (Å²) in [5, 5.41) is 4.27. The fourth-order valence-electron chi connectivity index (χ4n) is 2.07. The smallest absolute Gasteiger partial charge is 0.339 e. The molecular weight excluding hydrogens is 212 g/mol. The van der Waals surface area contributed by atoms with Crippen LogP contribution >= 0.6 is 0 Å². The predicted molar refractivity (Wildman–Crippen MR) is 53.9 cm³/mol. The molecule has 1 fully saturated rings. The van der Waals surface area contributed by atoms with Gasteiger partial charge in [0.25, 0.3) is 0 Å². The van der Waals surface area contributed by atoms with Crippen molar-refractivity contribution >= 4 is 11.9 Å². The van der Waals surface area contributed by atoms with Crippen LogP contribution in [-0.2, 0) is 19.2 Å². The van der Waals surface area contributed by atoms with Gasteiger partial charge in [0.2, 0.25) is 5.91 Å². The fourth-order valence-corrected chi connectivity index (χ4v) is 2.07. The number of nitrogens with one attached hydrogen (secondary N) is 1. The molecule has 0 bridgehead atoms. The molecule has 6 heteroatoms. The summed E-state index contributed by atoms with van der Waals surface area (Å²) in [5.41, 5.74) is -0.871. The summed E-state index contributed by atoms with van der Waals surface area (Å²) in [6.07, 6.45) is 1.28. The predicted octanol–water partition coefficient (Wildman–Crippen LogP) is -0.433. The number of esters is 1. The van der Waals surface area contributed by atoms with E-state index >= 15 is 0 Å². The number of hydroxylamine groups is 2. The maximum Gasteiger partial charge on any atom is 0.339 e. The van der Waals surface area contributed by atoms with E-state index in [9.17, 15) is 9.59 Å². The lowest BCUT2D eigenvalue weighted by Crippen LogP contribution is -2.65. The van der Waals surface area contributed by atoms with Gasteiger partial charge in [-0.2, -0.15) is 0 Å². The van der Waals surface area contributed by atoms with Crippen LogP contribution in [0.15, 0.2) is 11.8 Å². The number of piperazine rings is 1. The lowest BCUT2D eigenvalue weighted by molar-refractivity contribution is -0.189. The van der Waals surface area contributed by atoms with Crippen LogP contribution in [0.4, 0.5) is 0 Å². The first-order valence-corrected chi connectivity index (χ1v) is 5.05. The van der Waals surface area contributed by atoms with Crippen molar-refractivity contribution in [3.63, 3.8) is 0 Å². The van der Waals surface area contributed by atoms with Crippen LogP contribution in [-0.4, -0.2) is 42.2 Å². The molecule has 0 saturated carbocycles. The normalized spacial score (nSPS) is 33.6. The number of carbonyl (C=O) groups excluding carboxylic acids is 2. The van der Waals surface area contributed by atoms with Gasteiger partial charge in [-0.1, -0.05) is 0 Å². The van der Waals surface area contributed by atoms with E-state index in [0.29, 0.717) is 6.54 Å². The zero-order valence-corrected chi connectivity index (χ0v) is 9.44. The van der Waals surface area contributed by atoms with Gasteiger partial charge in [-0.3, -0.25) is 4.79 Å². The minimum atomic E-state index is -1.09. The number of ether oxygens (including phenoxy) is 1. The number of fused-ring (bicyclic) bond motifs is 1. The molecule has 88 valence electrons. The van der Waals surface area contributed by atoms with Gasteiger partial charge in [-0.25, -0.2) is 4.79 Å². The topological polar surface area (TPSA) is 67.9 Å². The molecule has 0 aromatic heterocycles. The highest BCUT2D eigenvalue weighted by molar-refractivity contribution is 6.03. The number of hydrogen-bond acceptors (Lipinski definition) is 5. The SMILES string of the molecule is COC(=O)C1=CON2C(C)CNC(=O)C12C. The summed E-state index contributed by atoms with van der Waals surface area (Å²) in [4.78, 5) is 28.7. The van der Waals surface area contributed by atoms with Crippen LogP contribution in [0.3, 0.4) is 0 Å². The highest BCUT2D eigenvalue weighted by Gasteiger charge is 2.55. The van der Waals surface area contributed by atoms with Crippen LogP contribution in [0, 0.1) is 0 Å². The molecule has 6 nitrogen and oxygen atoms in total. The molecule has 1 saturated heterocycles. The first-order chi connectivity index (χ1) is 7.51. The lowest BCUT2D eigenvalue weighted by atomic mass is 9.88. The first-order valence-electron chi connectivity index (χ1n) is 5.05. The van der Waals surface area contributed by atoms with Crippen molar-refractivity contribution in [1.82, 2.24) is 10.4 Å². The van der Waals surface area contributed by atoms with E-state index in [1.54, 1.807) is 6.92 Å². The Bertz CT molecular complexity index is 379. The third kappa shape index (κ3) is 1.23. The summed E-state index contributed by atoms with van der Waals surface area (Å²) in [6.45, 7) is 4.05. The van der Waals surface area contributed by atoms with Gasteiger partial charge in [0.05, 0.1) is 13.2 Å². The Morgan fingerprint density at radius 3 is 3.06 bits per heavy atom. The molecule has 2 heterocycles. The number of methoxy groups -OCH3 is 1. The number of carbonyl (C=O) groups is 2. The minimum absolute atomic E-state index is 0.00102. The molecule has 2 unspecified atom stereocenters.